The molecule has 1 aromatic carbocycles. The average molecular weight is 362 g/mol. The summed E-state index contributed by atoms with van der Waals surface area (Å²) in [5.41, 5.74) is 2.54. The van der Waals surface area contributed by atoms with Crippen molar-refractivity contribution < 1.29 is 17.9 Å². The summed E-state index contributed by atoms with van der Waals surface area (Å²) in [5, 5.41) is 4.09. The Morgan fingerprint density at radius 3 is 2.48 bits per heavy atom. The predicted molar refractivity (Wildman–Crippen MR) is 96.1 cm³/mol. The molecule has 0 unspecified atom stereocenters. The Kier molecular flexibility index (Phi) is 5.17. The number of rotatable bonds is 6. The van der Waals surface area contributed by atoms with Crippen LogP contribution in [-0.4, -0.2) is 36.8 Å². The van der Waals surface area contributed by atoms with Gasteiger partial charge in [-0.2, -0.15) is 5.10 Å². The predicted octanol–water partition coefficient (Wildman–Crippen LogP) is 2.54. The third-order valence-electron chi connectivity index (χ3n) is 4.11. The van der Waals surface area contributed by atoms with Crippen LogP contribution in [0.5, 0.6) is 5.88 Å². The second-order valence-corrected chi connectivity index (χ2v) is 7.96. The Bertz CT molecular complexity index is 956. The summed E-state index contributed by atoms with van der Waals surface area (Å²) in [7, 11) is -1.69. The topological polar surface area (TPSA) is 78.3 Å². The number of hydrogen-bond acceptors (Lipinski definition) is 5. The standard InChI is InChI=1S/C18H22N2O4S/c1-7-8-24-18-15(10-19-20(18)5)16(21)14-9-11(2)17(25(6,22)23)13(4)12(14)3/h7,9-10H,1,8H2,2-6H3. The first-order valence-corrected chi connectivity index (χ1v) is 9.60. The zero-order chi connectivity index (χ0) is 18.9. The average Bonchev–Trinajstić information content (AvgIpc) is 2.87. The number of carbonyl (C=O) groups excluding carboxylic acids is 1. The number of aromatic nitrogens is 2. The molecule has 2 rings (SSSR count). The summed E-state index contributed by atoms with van der Waals surface area (Å²) in [6.45, 7) is 9.01. The Hall–Kier alpha value is -2.41. The largest absolute Gasteiger partial charge is 0.473 e. The van der Waals surface area contributed by atoms with E-state index in [9.17, 15) is 13.2 Å². The summed E-state index contributed by atoms with van der Waals surface area (Å²) in [6.07, 6.45) is 4.21. The van der Waals surface area contributed by atoms with Gasteiger partial charge in [0.05, 0.1) is 11.1 Å². The van der Waals surface area contributed by atoms with Gasteiger partial charge in [-0.25, -0.2) is 13.1 Å². The van der Waals surface area contributed by atoms with Gasteiger partial charge in [-0.05, 0) is 43.5 Å². The van der Waals surface area contributed by atoms with Crippen LogP contribution in [0, 0.1) is 20.8 Å². The van der Waals surface area contributed by atoms with Crippen molar-refractivity contribution in [3.8, 4) is 5.88 Å². The number of nitrogens with zero attached hydrogens (tertiary/aromatic N) is 2. The number of benzene rings is 1. The Balaban J connectivity index is 2.61. The van der Waals surface area contributed by atoms with E-state index < -0.39 is 9.84 Å². The van der Waals surface area contributed by atoms with Crippen molar-refractivity contribution in [2.45, 2.75) is 25.7 Å². The molecule has 7 heteroatoms. The molecule has 0 saturated carbocycles. The minimum absolute atomic E-state index is 0.254. The summed E-state index contributed by atoms with van der Waals surface area (Å²) in [6, 6.07) is 1.62. The summed E-state index contributed by atoms with van der Waals surface area (Å²) >= 11 is 0. The molecule has 2 aromatic rings. The fourth-order valence-corrected chi connectivity index (χ4v) is 4.25. The van der Waals surface area contributed by atoms with E-state index in [1.807, 2.05) is 0 Å². The SMILES string of the molecule is C=CCOc1c(C(=O)c2cc(C)c(S(C)(=O)=O)c(C)c2C)cnn1C. The molecule has 1 aromatic heterocycles. The van der Waals surface area contributed by atoms with Crippen LogP contribution in [0.15, 0.2) is 29.8 Å². The third-order valence-corrected chi connectivity index (χ3v) is 5.48. The normalized spacial score (nSPS) is 11.4. The van der Waals surface area contributed by atoms with Gasteiger partial charge in [-0.15, -0.1) is 0 Å². The summed E-state index contributed by atoms with van der Waals surface area (Å²) in [4.78, 5) is 13.3. The van der Waals surface area contributed by atoms with Crippen LogP contribution in [-0.2, 0) is 16.9 Å². The van der Waals surface area contributed by atoms with Crippen LogP contribution < -0.4 is 4.74 Å². The highest BCUT2D eigenvalue weighted by atomic mass is 32.2. The lowest BCUT2D eigenvalue weighted by molar-refractivity contribution is 0.103. The van der Waals surface area contributed by atoms with Gasteiger partial charge >= 0.3 is 0 Å². The van der Waals surface area contributed by atoms with E-state index in [-0.39, 0.29) is 17.3 Å². The van der Waals surface area contributed by atoms with Crippen molar-refractivity contribution >= 4 is 15.6 Å². The molecule has 0 radical (unpaired) electrons. The second kappa shape index (κ2) is 6.84. The molecule has 134 valence electrons. The van der Waals surface area contributed by atoms with Crippen LogP contribution >= 0.6 is 0 Å². The first-order valence-electron chi connectivity index (χ1n) is 7.70. The first-order chi connectivity index (χ1) is 11.6. The molecular formula is C18H22N2O4S. The van der Waals surface area contributed by atoms with Crippen LogP contribution in [0.3, 0.4) is 0 Å². The molecule has 25 heavy (non-hydrogen) atoms. The molecule has 0 bridgehead atoms. The van der Waals surface area contributed by atoms with Gasteiger partial charge in [-0.3, -0.25) is 4.79 Å². The molecule has 0 amide bonds. The lowest BCUT2D eigenvalue weighted by Crippen LogP contribution is -2.12. The molecule has 0 atom stereocenters. The maximum absolute atomic E-state index is 13.0. The summed E-state index contributed by atoms with van der Waals surface area (Å²) in [5.74, 6) is 0.0997. The monoisotopic (exact) mass is 362 g/mol. The van der Waals surface area contributed by atoms with Gasteiger partial charge in [0.2, 0.25) is 5.88 Å². The Labute approximate surface area is 148 Å². The number of ketones is 1. The maximum atomic E-state index is 13.0. The second-order valence-electron chi connectivity index (χ2n) is 6.01. The lowest BCUT2D eigenvalue weighted by Gasteiger charge is -2.15. The van der Waals surface area contributed by atoms with Crippen molar-refractivity contribution in [2.24, 2.45) is 7.05 Å². The van der Waals surface area contributed by atoms with E-state index in [0.717, 1.165) is 0 Å². The van der Waals surface area contributed by atoms with E-state index in [1.54, 1.807) is 40.0 Å². The highest BCUT2D eigenvalue weighted by Gasteiger charge is 2.25. The Morgan fingerprint density at radius 1 is 1.28 bits per heavy atom. The fraction of sp³-hybridized carbons (Fsp3) is 0.333. The highest BCUT2D eigenvalue weighted by Crippen LogP contribution is 2.29. The number of ether oxygens (including phenoxy) is 1. The molecule has 6 nitrogen and oxygen atoms in total. The van der Waals surface area contributed by atoms with Crippen molar-refractivity contribution in [3.05, 3.63) is 52.7 Å². The number of aryl methyl sites for hydroxylation is 2. The van der Waals surface area contributed by atoms with Gasteiger partial charge in [0.15, 0.2) is 15.6 Å². The number of sulfone groups is 1. The number of hydrogen-bond donors (Lipinski definition) is 0. The van der Waals surface area contributed by atoms with E-state index in [0.29, 0.717) is 33.7 Å². The van der Waals surface area contributed by atoms with Gasteiger partial charge < -0.3 is 4.74 Å². The van der Waals surface area contributed by atoms with Crippen LogP contribution in [0.1, 0.15) is 32.6 Å². The van der Waals surface area contributed by atoms with Gasteiger partial charge in [0, 0.05) is 18.9 Å². The fourth-order valence-electron chi connectivity index (χ4n) is 2.90. The Morgan fingerprint density at radius 2 is 1.92 bits per heavy atom. The van der Waals surface area contributed by atoms with E-state index in [4.69, 9.17) is 4.74 Å². The van der Waals surface area contributed by atoms with Crippen LogP contribution in [0.2, 0.25) is 0 Å². The maximum Gasteiger partial charge on any atom is 0.223 e. The zero-order valence-corrected chi connectivity index (χ0v) is 15.9. The zero-order valence-electron chi connectivity index (χ0n) is 15.1. The number of carbonyl (C=O) groups is 1. The van der Waals surface area contributed by atoms with Gasteiger partial charge in [-0.1, -0.05) is 12.7 Å². The molecule has 0 fully saturated rings. The van der Waals surface area contributed by atoms with E-state index in [2.05, 4.69) is 11.7 Å². The minimum atomic E-state index is -3.37. The summed E-state index contributed by atoms with van der Waals surface area (Å²) < 4.78 is 31.1. The third kappa shape index (κ3) is 3.51. The van der Waals surface area contributed by atoms with Crippen molar-refractivity contribution in [2.75, 3.05) is 12.9 Å². The van der Waals surface area contributed by atoms with E-state index in [1.165, 1.54) is 17.1 Å². The molecule has 0 N–H and O–H groups in total. The van der Waals surface area contributed by atoms with Gasteiger partial charge in [0.1, 0.15) is 12.2 Å². The van der Waals surface area contributed by atoms with Crippen molar-refractivity contribution in [3.63, 3.8) is 0 Å². The molecule has 1 heterocycles. The highest BCUT2D eigenvalue weighted by molar-refractivity contribution is 7.90. The van der Waals surface area contributed by atoms with E-state index >= 15 is 0 Å². The molecule has 0 saturated heterocycles. The molecular weight excluding hydrogens is 340 g/mol. The lowest BCUT2D eigenvalue weighted by atomic mass is 9.95. The van der Waals surface area contributed by atoms with Gasteiger partial charge in [0.25, 0.3) is 0 Å². The van der Waals surface area contributed by atoms with Crippen molar-refractivity contribution in [1.29, 1.82) is 0 Å². The van der Waals surface area contributed by atoms with Crippen LogP contribution in [0.25, 0.3) is 0 Å². The van der Waals surface area contributed by atoms with Crippen LogP contribution in [0.4, 0.5) is 0 Å². The molecule has 0 aliphatic rings. The molecule has 0 spiro atoms. The molecule has 0 aliphatic heterocycles. The smallest absolute Gasteiger partial charge is 0.223 e. The molecule has 0 aliphatic carbocycles. The van der Waals surface area contributed by atoms with Crippen molar-refractivity contribution in [1.82, 2.24) is 9.78 Å². The quantitative estimate of drug-likeness (QED) is 0.583. The minimum Gasteiger partial charge on any atom is -0.473 e. The first kappa shape index (κ1) is 18.9.